The van der Waals surface area contributed by atoms with E-state index in [0.717, 1.165) is 48.5 Å². The van der Waals surface area contributed by atoms with Gasteiger partial charge in [-0.15, -0.1) is 11.7 Å². The molecule has 1 fully saturated rings. The third-order valence-corrected chi connectivity index (χ3v) is 6.15. The van der Waals surface area contributed by atoms with Gasteiger partial charge < -0.3 is 19.9 Å². The first-order valence-electron chi connectivity index (χ1n) is 11.1. The van der Waals surface area contributed by atoms with Crippen LogP contribution in [0.15, 0.2) is 54.6 Å². The van der Waals surface area contributed by atoms with Crippen molar-refractivity contribution in [3.63, 3.8) is 0 Å². The van der Waals surface area contributed by atoms with Crippen molar-refractivity contribution in [3.05, 3.63) is 65.7 Å². The van der Waals surface area contributed by atoms with E-state index in [2.05, 4.69) is 28.2 Å². The average Bonchev–Trinajstić information content (AvgIpc) is 2.82. The number of fused-ring (bicyclic) bond motifs is 1. The zero-order valence-corrected chi connectivity index (χ0v) is 20.3. The van der Waals surface area contributed by atoms with Crippen LogP contribution in [0.25, 0.3) is 17.0 Å². The molecule has 1 aliphatic heterocycles. The molecule has 1 amide bonds. The van der Waals surface area contributed by atoms with Gasteiger partial charge in [0.2, 0.25) is 17.1 Å². The van der Waals surface area contributed by atoms with E-state index in [0.29, 0.717) is 11.3 Å². The SMILES string of the molecule is Cc1cc(N2CCN(C)CC2)nc2ccc(NC(=O)/C=C/c3ccc(OCS(F)(F)F)cc3)cc12. The van der Waals surface area contributed by atoms with E-state index in [4.69, 9.17) is 9.72 Å². The summed E-state index contributed by atoms with van der Waals surface area (Å²) in [6.07, 6.45) is 2.96. The maximum Gasteiger partial charge on any atom is 0.248 e. The molecule has 0 spiro atoms. The fourth-order valence-electron chi connectivity index (χ4n) is 3.82. The molecule has 3 aromatic rings. The van der Waals surface area contributed by atoms with Crippen LogP contribution >= 0.6 is 11.2 Å². The zero-order chi connectivity index (χ0) is 25.0. The van der Waals surface area contributed by atoms with E-state index in [9.17, 15) is 16.5 Å². The summed E-state index contributed by atoms with van der Waals surface area (Å²) < 4.78 is 41.7. The molecule has 4 rings (SSSR count). The number of pyridine rings is 1. The molecule has 0 saturated carbocycles. The lowest BCUT2D eigenvalue weighted by Crippen LogP contribution is -2.44. The number of nitrogens with zero attached hydrogens (tertiary/aromatic N) is 3. The lowest BCUT2D eigenvalue weighted by atomic mass is 10.1. The molecule has 1 aromatic heterocycles. The van der Waals surface area contributed by atoms with E-state index in [1.165, 1.54) is 18.2 Å². The summed E-state index contributed by atoms with van der Waals surface area (Å²) in [5, 5.41) is 3.82. The van der Waals surface area contributed by atoms with Crippen LogP contribution in [0, 0.1) is 6.92 Å². The summed E-state index contributed by atoms with van der Waals surface area (Å²) in [7, 11) is 2.12. The van der Waals surface area contributed by atoms with E-state index >= 15 is 0 Å². The number of likely N-dealkylation sites (N-methyl/N-ethyl adjacent to an activating group) is 1. The van der Waals surface area contributed by atoms with Crippen LogP contribution in [0.2, 0.25) is 0 Å². The van der Waals surface area contributed by atoms with Crippen LogP contribution in [-0.2, 0) is 4.79 Å². The lowest BCUT2D eigenvalue weighted by molar-refractivity contribution is -0.111. The van der Waals surface area contributed by atoms with E-state index < -0.39 is 17.1 Å². The molecule has 2 aromatic carbocycles. The number of hydrogen-bond acceptors (Lipinski definition) is 5. The van der Waals surface area contributed by atoms with Crippen LogP contribution in [0.1, 0.15) is 11.1 Å². The summed E-state index contributed by atoms with van der Waals surface area (Å²) in [4.78, 5) is 21.8. The number of nitrogens with one attached hydrogen (secondary N) is 1. The minimum absolute atomic E-state index is 0.132. The Morgan fingerprint density at radius 2 is 1.80 bits per heavy atom. The van der Waals surface area contributed by atoms with Crippen LogP contribution in [-0.4, -0.2) is 55.0 Å². The average molecular weight is 505 g/mol. The fourth-order valence-corrected chi connectivity index (χ4v) is 4.09. The first-order valence-corrected chi connectivity index (χ1v) is 12.6. The van der Waals surface area contributed by atoms with Crippen LogP contribution in [0.4, 0.5) is 23.2 Å². The Morgan fingerprint density at radius 1 is 1.09 bits per heavy atom. The molecule has 1 saturated heterocycles. The van der Waals surface area contributed by atoms with Gasteiger partial charge in [0, 0.05) is 43.3 Å². The Balaban J connectivity index is 1.39. The van der Waals surface area contributed by atoms with Gasteiger partial charge in [0.15, 0.2) is 5.94 Å². The smallest absolute Gasteiger partial charge is 0.248 e. The summed E-state index contributed by atoms with van der Waals surface area (Å²) >= 11 is -5.21. The molecule has 1 N–H and O–H groups in total. The minimum Gasteiger partial charge on any atom is -0.477 e. The van der Waals surface area contributed by atoms with E-state index in [1.54, 1.807) is 18.2 Å². The fraction of sp³-hybridized carbons (Fsp3) is 0.280. The summed E-state index contributed by atoms with van der Waals surface area (Å²) in [6.45, 7) is 5.94. The van der Waals surface area contributed by atoms with Gasteiger partial charge >= 0.3 is 0 Å². The van der Waals surface area contributed by atoms with Gasteiger partial charge in [-0.2, -0.15) is 0 Å². The Kier molecular flexibility index (Phi) is 7.51. The van der Waals surface area contributed by atoms with Crippen LogP contribution in [0.3, 0.4) is 0 Å². The molecule has 186 valence electrons. The number of ether oxygens (including phenoxy) is 1. The highest BCUT2D eigenvalue weighted by Gasteiger charge is 2.21. The molecule has 0 bridgehead atoms. The van der Waals surface area contributed by atoms with Gasteiger partial charge in [0.25, 0.3) is 0 Å². The Hall–Kier alpha value is -3.24. The second kappa shape index (κ2) is 10.6. The monoisotopic (exact) mass is 504 g/mol. The second-order valence-electron chi connectivity index (χ2n) is 8.48. The molecule has 10 heteroatoms. The number of benzene rings is 2. The third kappa shape index (κ3) is 6.89. The van der Waals surface area contributed by atoms with Gasteiger partial charge in [-0.1, -0.05) is 12.1 Å². The predicted octanol–water partition coefficient (Wildman–Crippen LogP) is 5.74. The van der Waals surface area contributed by atoms with Crippen molar-refractivity contribution >= 4 is 45.6 Å². The normalized spacial score (nSPS) is 15.5. The van der Waals surface area contributed by atoms with Crippen molar-refractivity contribution < 1.29 is 21.2 Å². The molecule has 0 unspecified atom stereocenters. The highest BCUT2D eigenvalue weighted by molar-refractivity contribution is 8.20. The molecular formula is C25H27F3N4O2S. The van der Waals surface area contributed by atoms with Crippen molar-refractivity contribution in [1.82, 2.24) is 9.88 Å². The topological polar surface area (TPSA) is 57.7 Å². The maximum atomic E-state index is 12.4. The number of carbonyl (C=O) groups is 1. The molecule has 6 nitrogen and oxygen atoms in total. The minimum atomic E-state index is -5.21. The zero-order valence-electron chi connectivity index (χ0n) is 19.5. The quantitative estimate of drug-likeness (QED) is 0.416. The Morgan fingerprint density at radius 3 is 2.49 bits per heavy atom. The number of anilines is 2. The molecule has 2 heterocycles. The standard InChI is InChI=1S/C25H27F3N4O2S/c1-18-15-24(32-13-11-31(2)12-14-32)30-23-9-6-20(16-22(18)23)29-25(33)10-5-19-3-7-21(8-4-19)34-17-35(26,27)28/h3-10,15-16H,11-14,17H2,1-2H3,(H,29,33)/b10-5+. The molecule has 35 heavy (non-hydrogen) atoms. The molecule has 0 radical (unpaired) electrons. The summed E-state index contributed by atoms with van der Waals surface area (Å²) in [5.74, 6) is -0.473. The number of rotatable bonds is 7. The van der Waals surface area contributed by atoms with Crippen molar-refractivity contribution in [2.24, 2.45) is 0 Å². The number of amides is 1. The molecular weight excluding hydrogens is 477 g/mol. The predicted molar refractivity (Wildman–Crippen MR) is 137 cm³/mol. The van der Waals surface area contributed by atoms with Crippen molar-refractivity contribution in [2.75, 3.05) is 49.4 Å². The van der Waals surface area contributed by atoms with Gasteiger partial charge in [0.05, 0.1) is 5.52 Å². The third-order valence-electron chi connectivity index (χ3n) is 5.76. The number of aromatic nitrogens is 1. The number of carbonyl (C=O) groups excluding carboxylic acids is 1. The van der Waals surface area contributed by atoms with E-state index in [1.807, 2.05) is 25.1 Å². The van der Waals surface area contributed by atoms with Crippen molar-refractivity contribution in [3.8, 4) is 5.75 Å². The lowest BCUT2D eigenvalue weighted by Gasteiger charge is -2.33. The van der Waals surface area contributed by atoms with E-state index in [-0.39, 0.29) is 11.7 Å². The van der Waals surface area contributed by atoms with Crippen LogP contribution < -0.4 is 15.0 Å². The van der Waals surface area contributed by atoms with Gasteiger partial charge in [-0.3, -0.25) is 4.79 Å². The highest BCUT2D eigenvalue weighted by Crippen LogP contribution is 2.52. The maximum absolute atomic E-state index is 12.4. The number of halogens is 3. The summed E-state index contributed by atoms with van der Waals surface area (Å²) in [6, 6.07) is 13.8. The van der Waals surface area contributed by atoms with Crippen molar-refractivity contribution in [2.45, 2.75) is 6.92 Å². The Bertz CT molecular complexity index is 1220. The van der Waals surface area contributed by atoms with Gasteiger partial charge in [0.1, 0.15) is 11.6 Å². The molecule has 0 atom stereocenters. The molecule has 0 aliphatic carbocycles. The second-order valence-corrected chi connectivity index (χ2v) is 9.72. The number of aryl methyl sites for hydroxylation is 1. The first-order chi connectivity index (χ1) is 16.7. The van der Waals surface area contributed by atoms with Crippen LogP contribution in [0.5, 0.6) is 5.75 Å². The molecule has 1 aliphatic rings. The van der Waals surface area contributed by atoms with Crippen molar-refractivity contribution in [1.29, 1.82) is 0 Å². The van der Waals surface area contributed by atoms with Gasteiger partial charge in [-0.25, -0.2) is 4.98 Å². The van der Waals surface area contributed by atoms with Gasteiger partial charge in [-0.05, 0) is 67.6 Å². The highest BCUT2D eigenvalue weighted by atomic mass is 32.3. The number of hydrogen-bond donors (Lipinski definition) is 1. The summed E-state index contributed by atoms with van der Waals surface area (Å²) in [5.41, 5.74) is 3.29. The number of piperazine rings is 1. The Labute approximate surface area is 204 Å². The largest absolute Gasteiger partial charge is 0.477 e. The first kappa shape index (κ1) is 24.9.